The number of rotatable bonds is 8. The van der Waals surface area contributed by atoms with Crippen LogP contribution in [0.3, 0.4) is 0 Å². The van der Waals surface area contributed by atoms with E-state index in [4.69, 9.17) is 4.74 Å². The molecule has 0 unspecified atom stereocenters. The third kappa shape index (κ3) is 6.06. The number of ether oxygens (including phenoxy) is 1. The Morgan fingerprint density at radius 3 is 2.86 bits per heavy atom. The summed E-state index contributed by atoms with van der Waals surface area (Å²) in [6.07, 6.45) is 2.47. The highest BCUT2D eigenvalue weighted by molar-refractivity contribution is 9.10. The van der Waals surface area contributed by atoms with Crippen LogP contribution in [-0.4, -0.2) is 25.1 Å². The summed E-state index contributed by atoms with van der Waals surface area (Å²) in [4.78, 5) is 11.7. The van der Waals surface area contributed by atoms with Gasteiger partial charge in [-0.05, 0) is 37.0 Å². The van der Waals surface area contributed by atoms with Crippen molar-refractivity contribution < 1.29 is 9.53 Å². The van der Waals surface area contributed by atoms with Gasteiger partial charge in [0.05, 0.1) is 0 Å². The molecular weight excluding hydrogens is 332 g/mol. The molecule has 0 saturated heterocycles. The van der Waals surface area contributed by atoms with Crippen LogP contribution in [0.2, 0.25) is 0 Å². The van der Waals surface area contributed by atoms with Gasteiger partial charge in [-0.3, -0.25) is 4.79 Å². The number of carbonyl (C=O) groups is 1. The zero-order valence-electron chi connectivity index (χ0n) is 12.6. The minimum atomic E-state index is -0.0485. The van der Waals surface area contributed by atoms with Crippen molar-refractivity contribution in [2.45, 2.75) is 39.3 Å². The molecule has 0 bridgehead atoms. The van der Waals surface area contributed by atoms with Crippen molar-refractivity contribution in [3.05, 3.63) is 28.2 Å². The number of nitrogens with one attached hydrogen (secondary N) is 2. The molecule has 1 saturated carbocycles. The Labute approximate surface area is 134 Å². The molecule has 1 aliphatic carbocycles. The fraction of sp³-hybridized carbons (Fsp3) is 0.562. The molecule has 0 radical (unpaired) electrons. The summed E-state index contributed by atoms with van der Waals surface area (Å²) in [5, 5.41) is 6.27. The molecule has 0 atom stereocenters. The van der Waals surface area contributed by atoms with E-state index in [-0.39, 0.29) is 12.5 Å². The molecule has 0 heterocycles. The molecule has 1 amide bonds. The highest BCUT2D eigenvalue weighted by atomic mass is 79.9. The second kappa shape index (κ2) is 7.80. The van der Waals surface area contributed by atoms with Crippen LogP contribution in [0, 0.1) is 5.92 Å². The number of halogens is 1. The van der Waals surface area contributed by atoms with Gasteiger partial charge in [-0.25, -0.2) is 0 Å². The van der Waals surface area contributed by atoms with E-state index in [1.165, 1.54) is 12.8 Å². The van der Waals surface area contributed by atoms with Gasteiger partial charge in [-0.1, -0.05) is 29.8 Å². The summed E-state index contributed by atoms with van der Waals surface area (Å²) >= 11 is 3.47. The Hall–Kier alpha value is -1.07. The average molecular weight is 355 g/mol. The summed E-state index contributed by atoms with van der Waals surface area (Å²) in [7, 11) is 0. The van der Waals surface area contributed by atoms with Gasteiger partial charge in [-0.2, -0.15) is 0 Å². The molecule has 21 heavy (non-hydrogen) atoms. The molecule has 116 valence electrons. The molecule has 5 heteroatoms. The molecule has 1 aromatic rings. The van der Waals surface area contributed by atoms with Crippen molar-refractivity contribution >= 4 is 21.8 Å². The van der Waals surface area contributed by atoms with Gasteiger partial charge >= 0.3 is 0 Å². The van der Waals surface area contributed by atoms with Crippen LogP contribution in [0.1, 0.15) is 32.3 Å². The van der Waals surface area contributed by atoms with Crippen molar-refractivity contribution in [3.63, 3.8) is 0 Å². The van der Waals surface area contributed by atoms with Gasteiger partial charge < -0.3 is 15.4 Å². The average Bonchev–Trinajstić information content (AvgIpc) is 3.26. The standard InChI is InChI=1S/C16H23BrN2O2/c1-11(2)18-9-13-7-14(17)5-6-15(13)21-10-16(20)19-8-12-3-4-12/h5-7,11-12,18H,3-4,8-10H2,1-2H3,(H,19,20). The van der Waals surface area contributed by atoms with Crippen LogP contribution < -0.4 is 15.4 Å². The van der Waals surface area contributed by atoms with Crippen molar-refractivity contribution in [3.8, 4) is 5.75 Å². The van der Waals surface area contributed by atoms with E-state index >= 15 is 0 Å². The lowest BCUT2D eigenvalue weighted by Crippen LogP contribution is -2.30. The molecule has 0 aromatic heterocycles. The minimum absolute atomic E-state index is 0.0485. The number of hydrogen-bond donors (Lipinski definition) is 2. The van der Waals surface area contributed by atoms with Crippen LogP contribution in [0.25, 0.3) is 0 Å². The number of benzene rings is 1. The second-order valence-corrected chi connectivity index (χ2v) is 6.74. The lowest BCUT2D eigenvalue weighted by Gasteiger charge is -2.14. The maximum Gasteiger partial charge on any atom is 0.257 e. The first-order chi connectivity index (χ1) is 10.0. The Bertz CT molecular complexity index is 487. The van der Waals surface area contributed by atoms with Crippen molar-refractivity contribution in [2.75, 3.05) is 13.2 Å². The predicted molar refractivity (Wildman–Crippen MR) is 87.3 cm³/mol. The van der Waals surface area contributed by atoms with E-state index in [9.17, 15) is 4.79 Å². The smallest absolute Gasteiger partial charge is 0.257 e. The first-order valence-corrected chi connectivity index (χ1v) is 8.25. The largest absolute Gasteiger partial charge is 0.483 e. The molecule has 2 rings (SSSR count). The van der Waals surface area contributed by atoms with Gasteiger partial charge in [-0.15, -0.1) is 0 Å². The van der Waals surface area contributed by atoms with Crippen molar-refractivity contribution in [1.29, 1.82) is 0 Å². The number of amides is 1. The van der Waals surface area contributed by atoms with Gasteiger partial charge in [0, 0.05) is 29.2 Å². The maximum absolute atomic E-state index is 11.7. The first kappa shape index (κ1) is 16.3. The van der Waals surface area contributed by atoms with E-state index < -0.39 is 0 Å². The Balaban J connectivity index is 1.86. The van der Waals surface area contributed by atoms with Crippen molar-refractivity contribution in [1.82, 2.24) is 10.6 Å². The lowest BCUT2D eigenvalue weighted by molar-refractivity contribution is -0.123. The quantitative estimate of drug-likeness (QED) is 0.754. The van der Waals surface area contributed by atoms with E-state index in [0.717, 1.165) is 28.9 Å². The van der Waals surface area contributed by atoms with E-state index in [0.29, 0.717) is 12.0 Å². The number of carbonyl (C=O) groups excluding carboxylic acids is 1. The molecule has 4 nitrogen and oxygen atoms in total. The van der Waals surface area contributed by atoms with Crippen LogP contribution in [0.15, 0.2) is 22.7 Å². The summed E-state index contributed by atoms with van der Waals surface area (Å²) in [5.74, 6) is 1.40. The third-order valence-corrected chi connectivity index (χ3v) is 3.86. The first-order valence-electron chi connectivity index (χ1n) is 7.46. The van der Waals surface area contributed by atoms with Gasteiger partial charge in [0.2, 0.25) is 0 Å². The molecule has 0 aliphatic heterocycles. The Morgan fingerprint density at radius 1 is 1.43 bits per heavy atom. The summed E-state index contributed by atoms with van der Waals surface area (Å²) in [6.45, 7) is 5.77. The molecular formula is C16H23BrN2O2. The minimum Gasteiger partial charge on any atom is -0.483 e. The summed E-state index contributed by atoms with van der Waals surface area (Å²) in [6, 6.07) is 6.25. The summed E-state index contributed by atoms with van der Waals surface area (Å²) in [5.41, 5.74) is 1.05. The second-order valence-electron chi connectivity index (χ2n) is 5.82. The van der Waals surface area contributed by atoms with Crippen LogP contribution >= 0.6 is 15.9 Å². The topological polar surface area (TPSA) is 50.4 Å². The normalized spacial score (nSPS) is 14.3. The molecule has 1 aliphatic rings. The lowest BCUT2D eigenvalue weighted by atomic mass is 10.2. The Morgan fingerprint density at radius 2 is 2.19 bits per heavy atom. The zero-order valence-corrected chi connectivity index (χ0v) is 14.2. The third-order valence-electron chi connectivity index (χ3n) is 3.37. The van der Waals surface area contributed by atoms with Crippen molar-refractivity contribution in [2.24, 2.45) is 5.92 Å². The molecule has 0 spiro atoms. The predicted octanol–water partition coefficient (Wildman–Crippen LogP) is 2.85. The highest BCUT2D eigenvalue weighted by Crippen LogP contribution is 2.27. The van der Waals surface area contributed by atoms with E-state index in [1.54, 1.807) is 0 Å². The van der Waals surface area contributed by atoms with Gasteiger partial charge in [0.25, 0.3) is 5.91 Å². The van der Waals surface area contributed by atoms with Gasteiger partial charge in [0.15, 0.2) is 6.61 Å². The SMILES string of the molecule is CC(C)NCc1cc(Br)ccc1OCC(=O)NCC1CC1. The van der Waals surface area contributed by atoms with E-state index in [1.807, 2.05) is 18.2 Å². The highest BCUT2D eigenvalue weighted by Gasteiger charge is 2.21. The maximum atomic E-state index is 11.7. The molecule has 1 aromatic carbocycles. The summed E-state index contributed by atoms with van der Waals surface area (Å²) < 4.78 is 6.67. The zero-order chi connectivity index (χ0) is 15.2. The molecule has 2 N–H and O–H groups in total. The van der Waals surface area contributed by atoms with Gasteiger partial charge in [0.1, 0.15) is 5.75 Å². The van der Waals surface area contributed by atoms with Crippen LogP contribution in [0.5, 0.6) is 5.75 Å². The fourth-order valence-electron chi connectivity index (χ4n) is 1.92. The fourth-order valence-corrected chi connectivity index (χ4v) is 2.32. The Kier molecular flexibility index (Phi) is 6.06. The monoisotopic (exact) mass is 354 g/mol. The molecule has 1 fully saturated rings. The van der Waals surface area contributed by atoms with E-state index in [2.05, 4.69) is 40.4 Å². The van der Waals surface area contributed by atoms with Crippen LogP contribution in [-0.2, 0) is 11.3 Å². The number of hydrogen-bond acceptors (Lipinski definition) is 3. The van der Waals surface area contributed by atoms with Crippen LogP contribution in [0.4, 0.5) is 0 Å².